The summed E-state index contributed by atoms with van der Waals surface area (Å²) in [4.78, 5) is 11.1. The summed E-state index contributed by atoms with van der Waals surface area (Å²) >= 11 is 0. The number of hydrogen-bond acceptors (Lipinski definition) is 2. The van der Waals surface area contributed by atoms with Crippen LogP contribution in [0.5, 0.6) is 0 Å². The van der Waals surface area contributed by atoms with Gasteiger partial charge in [0.05, 0.1) is 6.04 Å². The molecule has 0 aromatic heterocycles. The Morgan fingerprint density at radius 2 is 1.95 bits per heavy atom. The van der Waals surface area contributed by atoms with Crippen molar-refractivity contribution in [3.05, 3.63) is 65.2 Å². The van der Waals surface area contributed by atoms with Crippen molar-refractivity contribution in [1.29, 1.82) is 0 Å². The van der Waals surface area contributed by atoms with Gasteiger partial charge in [-0.2, -0.15) is 0 Å². The van der Waals surface area contributed by atoms with Gasteiger partial charge in [-0.15, -0.1) is 0 Å². The van der Waals surface area contributed by atoms with E-state index >= 15 is 0 Å². The molecule has 5 heteroatoms. The van der Waals surface area contributed by atoms with Gasteiger partial charge in [0.15, 0.2) is 0 Å². The molecule has 1 atom stereocenters. The first-order valence-electron chi connectivity index (χ1n) is 6.08. The summed E-state index contributed by atoms with van der Waals surface area (Å²) in [6.07, 6.45) is 0. The highest BCUT2D eigenvalue weighted by molar-refractivity contribution is 5.93. The van der Waals surface area contributed by atoms with Crippen LogP contribution >= 0.6 is 0 Å². The number of hydrogen-bond donors (Lipinski definition) is 2. The number of rotatable bonds is 4. The normalized spacial score (nSPS) is 11.9. The SMILES string of the molecule is C[C@H](Nc1cccc(C(N)=O)c1)c1cc(F)ccc1F. The van der Waals surface area contributed by atoms with E-state index in [0.29, 0.717) is 11.3 Å². The number of carbonyl (C=O) groups excluding carboxylic acids is 1. The molecule has 0 aliphatic heterocycles. The zero-order chi connectivity index (χ0) is 14.7. The quantitative estimate of drug-likeness (QED) is 0.900. The van der Waals surface area contributed by atoms with Gasteiger partial charge in [0.1, 0.15) is 11.6 Å². The number of nitrogens with one attached hydrogen (secondary N) is 1. The minimum atomic E-state index is -0.543. The molecule has 0 aliphatic carbocycles. The molecule has 2 rings (SSSR count). The molecule has 0 spiro atoms. The van der Waals surface area contributed by atoms with Crippen molar-refractivity contribution in [3.8, 4) is 0 Å². The van der Waals surface area contributed by atoms with Gasteiger partial charge in [0.2, 0.25) is 5.91 Å². The highest BCUT2D eigenvalue weighted by Gasteiger charge is 2.12. The molecular formula is C15H14F2N2O. The molecule has 3 N–H and O–H groups in total. The van der Waals surface area contributed by atoms with Gasteiger partial charge in [-0.25, -0.2) is 8.78 Å². The van der Waals surface area contributed by atoms with Gasteiger partial charge in [0, 0.05) is 16.8 Å². The van der Waals surface area contributed by atoms with E-state index in [1.54, 1.807) is 31.2 Å². The number of anilines is 1. The second-order valence-corrected chi connectivity index (χ2v) is 4.48. The molecule has 0 fully saturated rings. The molecule has 1 amide bonds. The highest BCUT2D eigenvalue weighted by atomic mass is 19.1. The molecule has 0 saturated carbocycles. The maximum atomic E-state index is 13.6. The molecule has 2 aromatic carbocycles. The van der Waals surface area contributed by atoms with E-state index in [9.17, 15) is 13.6 Å². The van der Waals surface area contributed by atoms with Gasteiger partial charge < -0.3 is 11.1 Å². The van der Waals surface area contributed by atoms with E-state index in [4.69, 9.17) is 5.73 Å². The smallest absolute Gasteiger partial charge is 0.248 e. The molecule has 0 bridgehead atoms. The topological polar surface area (TPSA) is 55.1 Å². The molecule has 0 saturated heterocycles. The van der Waals surface area contributed by atoms with Crippen LogP contribution in [0.15, 0.2) is 42.5 Å². The third-order valence-corrected chi connectivity index (χ3v) is 2.95. The van der Waals surface area contributed by atoms with Crippen molar-refractivity contribution in [1.82, 2.24) is 0 Å². The van der Waals surface area contributed by atoms with Gasteiger partial charge >= 0.3 is 0 Å². The second-order valence-electron chi connectivity index (χ2n) is 4.48. The number of carbonyl (C=O) groups is 1. The van der Waals surface area contributed by atoms with Crippen molar-refractivity contribution in [2.24, 2.45) is 5.73 Å². The van der Waals surface area contributed by atoms with Crippen molar-refractivity contribution in [2.45, 2.75) is 13.0 Å². The van der Waals surface area contributed by atoms with Crippen LogP contribution in [0, 0.1) is 11.6 Å². The Balaban J connectivity index is 2.23. The lowest BCUT2D eigenvalue weighted by Gasteiger charge is -2.17. The summed E-state index contributed by atoms with van der Waals surface area (Å²) in [5.74, 6) is -1.53. The van der Waals surface area contributed by atoms with Crippen LogP contribution in [0.25, 0.3) is 0 Å². The predicted octanol–water partition coefficient (Wildman–Crippen LogP) is 3.24. The summed E-state index contributed by atoms with van der Waals surface area (Å²) < 4.78 is 26.8. The van der Waals surface area contributed by atoms with Gasteiger partial charge in [-0.3, -0.25) is 4.79 Å². The summed E-state index contributed by atoms with van der Waals surface area (Å²) in [7, 11) is 0. The Morgan fingerprint density at radius 3 is 2.65 bits per heavy atom. The van der Waals surface area contributed by atoms with Crippen LogP contribution in [-0.4, -0.2) is 5.91 Å². The van der Waals surface area contributed by atoms with E-state index in [1.807, 2.05) is 0 Å². The third-order valence-electron chi connectivity index (χ3n) is 2.95. The van der Waals surface area contributed by atoms with Crippen LogP contribution in [0.1, 0.15) is 28.9 Å². The summed E-state index contributed by atoms with van der Waals surface area (Å²) in [5, 5.41) is 3.01. The van der Waals surface area contributed by atoms with Gasteiger partial charge in [-0.05, 0) is 43.3 Å². The zero-order valence-corrected chi connectivity index (χ0v) is 10.9. The van der Waals surface area contributed by atoms with Crippen molar-refractivity contribution >= 4 is 11.6 Å². The first-order chi connectivity index (χ1) is 9.47. The molecular weight excluding hydrogens is 262 g/mol. The number of benzene rings is 2. The Bertz CT molecular complexity index is 644. The Kier molecular flexibility index (Phi) is 3.98. The van der Waals surface area contributed by atoms with Crippen LogP contribution in [0.3, 0.4) is 0 Å². The Hall–Kier alpha value is -2.43. The van der Waals surface area contributed by atoms with Crippen molar-refractivity contribution in [2.75, 3.05) is 5.32 Å². The molecule has 3 nitrogen and oxygen atoms in total. The average molecular weight is 276 g/mol. The molecule has 0 aliphatic rings. The fourth-order valence-electron chi connectivity index (χ4n) is 1.94. The number of nitrogens with two attached hydrogens (primary N) is 1. The molecule has 0 heterocycles. The monoisotopic (exact) mass is 276 g/mol. The Labute approximate surface area is 115 Å². The minimum absolute atomic E-state index is 0.217. The van der Waals surface area contributed by atoms with Crippen LogP contribution in [0.2, 0.25) is 0 Å². The molecule has 2 aromatic rings. The molecule has 20 heavy (non-hydrogen) atoms. The van der Waals surface area contributed by atoms with Crippen molar-refractivity contribution < 1.29 is 13.6 Å². The second kappa shape index (κ2) is 5.69. The summed E-state index contributed by atoms with van der Waals surface area (Å²) in [6.45, 7) is 1.70. The zero-order valence-electron chi connectivity index (χ0n) is 10.9. The lowest BCUT2D eigenvalue weighted by atomic mass is 10.1. The number of amides is 1. The largest absolute Gasteiger partial charge is 0.378 e. The molecule has 0 radical (unpaired) electrons. The number of halogens is 2. The molecule has 104 valence electrons. The summed E-state index contributed by atoms with van der Waals surface area (Å²) in [5.41, 5.74) is 6.37. The van der Waals surface area contributed by atoms with Crippen molar-refractivity contribution in [3.63, 3.8) is 0 Å². The Morgan fingerprint density at radius 1 is 1.20 bits per heavy atom. The minimum Gasteiger partial charge on any atom is -0.378 e. The first kappa shape index (κ1) is 14.0. The van der Waals surface area contributed by atoms with E-state index in [2.05, 4.69) is 5.32 Å². The standard InChI is InChI=1S/C15H14F2N2O/c1-9(13-8-11(16)5-6-14(13)17)19-12-4-2-3-10(7-12)15(18)20/h2-9,19H,1H3,(H2,18,20)/t9-/m0/s1. The lowest BCUT2D eigenvalue weighted by molar-refractivity contribution is 0.100. The van der Waals surface area contributed by atoms with E-state index < -0.39 is 23.6 Å². The summed E-state index contributed by atoms with van der Waals surface area (Å²) in [6, 6.07) is 9.38. The maximum absolute atomic E-state index is 13.6. The van der Waals surface area contributed by atoms with Crippen LogP contribution in [0.4, 0.5) is 14.5 Å². The van der Waals surface area contributed by atoms with Gasteiger partial charge in [0.25, 0.3) is 0 Å². The van der Waals surface area contributed by atoms with E-state index in [0.717, 1.165) is 18.2 Å². The predicted molar refractivity (Wildman–Crippen MR) is 73.4 cm³/mol. The molecule has 0 unspecified atom stereocenters. The average Bonchev–Trinajstić information content (AvgIpc) is 2.41. The van der Waals surface area contributed by atoms with E-state index in [-0.39, 0.29) is 5.56 Å². The lowest BCUT2D eigenvalue weighted by Crippen LogP contribution is -2.13. The fraction of sp³-hybridized carbons (Fsp3) is 0.133. The maximum Gasteiger partial charge on any atom is 0.248 e. The van der Waals surface area contributed by atoms with Crippen LogP contribution in [-0.2, 0) is 0 Å². The van der Waals surface area contributed by atoms with E-state index in [1.165, 1.54) is 0 Å². The van der Waals surface area contributed by atoms with Gasteiger partial charge in [-0.1, -0.05) is 6.07 Å². The highest BCUT2D eigenvalue weighted by Crippen LogP contribution is 2.23. The fourth-order valence-corrected chi connectivity index (χ4v) is 1.94. The first-order valence-corrected chi connectivity index (χ1v) is 6.08. The number of primary amides is 1. The van der Waals surface area contributed by atoms with Crippen LogP contribution < -0.4 is 11.1 Å². The third kappa shape index (κ3) is 3.12.